The molecule has 0 fully saturated rings. The quantitative estimate of drug-likeness (QED) is 0.219. The van der Waals surface area contributed by atoms with Gasteiger partial charge in [0, 0.05) is 30.4 Å². The number of allylic oxidation sites excluding steroid dienone is 1. The molecule has 1 amide bonds. The highest BCUT2D eigenvalue weighted by atomic mass is 32.2. The normalized spacial score (nSPS) is 13.1. The molecule has 0 saturated heterocycles. The van der Waals surface area contributed by atoms with Gasteiger partial charge in [-0.25, -0.2) is 12.8 Å². The van der Waals surface area contributed by atoms with Crippen LogP contribution in [0.5, 0.6) is 0 Å². The zero-order valence-corrected chi connectivity index (χ0v) is 24.9. The molecule has 4 aromatic rings. The van der Waals surface area contributed by atoms with E-state index in [1.807, 2.05) is 39.4 Å². The number of halogens is 1. The maximum Gasteiger partial charge on any atom is 0.258 e. The number of carbonyl (C=O) groups excluding carboxylic acids is 1. The Bertz CT molecular complexity index is 1820. The average Bonchev–Trinajstić information content (AvgIpc) is 3.39. The predicted molar refractivity (Wildman–Crippen MR) is 166 cm³/mol. The summed E-state index contributed by atoms with van der Waals surface area (Å²) in [5.41, 5.74) is 3.20. The Labute approximate surface area is 249 Å². The van der Waals surface area contributed by atoms with Crippen molar-refractivity contribution in [2.24, 2.45) is 0 Å². The predicted octanol–water partition coefficient (Wildman–Crippen LogP) is 5.01. The van der Waals surface area contributed by atoms with E-state index in [2.05, 4.69) is 30.6 Å². The molecule has 5 rings (SSSR count). The van der Waals surface area contributed by atoms with Crippen LogP contribution in [0.4, 0.5) is 21.6 Å². The van der Waals surface area contributed by atoms with Crippen LogP contribution in [0.15, 0.2) is 94.6 Å². The first-order valence-corrected chi connectivity index (χ1v) is 15.2. The van der Waals surface area contributed by atoms with Crippen molar-refractivity contribution in [2.75, 3.05) is 56.4 Å². The number of ether oxygens (including phenoxy) is 1. The Morgan fingerprint density at radius 1 is 1.05 bits per heavy atom. The first kappa shape index (κ1) is 29.8. The third-order valence-corrected chi connectivity index (χ3v) is 8.74. The second-order valence-electron chi connectivity index (χ2n) is 10.4. The minimum absolute atomic E-state index is 0.0512. The Balaban J connectivity index is 1.44. The summed E-state index contributed by atoms with van der Waals surface area (Å²) in [5, 5.41) is 13.6. The standard InChI is InChI=1S/C31H33FN6O4S/c1-37(2)14-5-15-38(3)23-8-10-26(29(19-23)33-22-12-16-42-17-13-22)31(39)34-30-27-20-25(9-11-28(27)35-36-30)43(40,41)24-7-4-6-21(32)18-24/h4,6-13,16,18-20,33H,5,14-15,17H2,1-3H3,(H2,34,35,36,39). The molecule has 10 nitrogen and oxygen atoms in total. The summed E-state index contributed by atoms with van der Waals surface area (Å²) in [7, 11) is 2.07. The Morgan fingerprint density at radius 3 is 2.60 bits per heavy atom. The smallest absolute Gasteiger partial charge is 0.258 e. The summed E-state index contributed by atoms with van der Waals surface area (Å²) in [5.74, 6) is -0.925. The van der Waals surface area contributed by atoms with Crippen molar-refractivity contribution in [3.63, 3.8) is 0 Å². The topological polar surface area (TPSA) is 120 Å². The van der Waals surface area contributed by atoms with Crippen LogP contribution in [0.1, 0.15) is 16.8 Å². The van der Waals surface area contributed by atoms with Gasteiger partial charge in [-0.1, -0.05) is 6.07 Å². The second kappa shape index (κ2) is 12.7. The maximum absolute atomic E-state index is 13.8. The number of benzene rings is 3. The summed E-state index contributed by atoms with van der Waals surface area (Å²) in [6.45, 7) is 2.20. The number of sulfone groups is 1. The van der Waals surface area contributed by atoms with Gasteiger partial charge >= 0.3 is 0 Å². The minimum Gasteiger partial charge on any atom is -0.497 e. The molecule has 224 valence electrons. The monoisotopic (exact) mass is 604 g/mol. The van der Waals surface area contributed by atoms with E-state index in [9.17, 15) is 17.6 Å². The lowest BCUT2D eigenvalue weighted by Crippen LogP contribution is -2.23. The molecule has 3 N–H and O–H groups in total. The highest BCUT2D eigenvalue weighted by Gasteiger charge is 2.22. The molecule has 0 aliphatic carbocycles. The molecule has 12 heteroatoms. The van der Waals surface area contributed by atoms with Gasteiger partial charge in [0.15, 0.2) is 5.82 Å². The van der Waals surface area contributed by atoms with Crippen LogP contribution < -0.4 is 15.5 Å². The van der Waals surface area contributed by atoms with Crippen molar-refractivity contribution in [1.29, 1.82) is 0 Å². The lowest BCUT2D eigenvalue weighted by atomic mass is 10.1. The molecule has 0 spiro atoms. The van der Waals surface area contributed by atoms with Crippen molar-refractivity contribution in [3.8, 4) is 0 Å². The van der Waals surface area contributed by atoms with Gasteiger partial charge in [0.25, 0.3) is 5.91 Å². The molecule has 43 heavy (non-hydrogen) atoms. The fourth-order valence-corrected chi connectivity index (χ4v) is 5.97. The molecule has 0 radical (unpaired) electrons. The average molecular weight is 605 g/mol. The highest BCUT2D eigenvalue weighted by Crippen LogP contribution is 2.30. The van der Waals surface area contributed by atoms with Gasteiger partial charge in [0.05, 0.1) is 32.8 Å². The molecule has 1 aliphatic rings. The summed E-state index contributed by atoms with van der Waals surface area (Å²) in [6.07, 6.45) is 6.21. The lowest BCUT2D eigenvalue weighted by molar-refractivity contribution is 0.102. The first-order valence-electron chi connectivity index (χ1n) is 13.7. The summed E-state index contributed by atoms with van der Waals surface area (Å²) in [6, 6.07) is 14.8. The number of rotatable bonds is 11. The molecule has 1 aromatic heterocycles. The zero-order chi connectivity index (χ0) is 30.6. The van der Waals surface area contributed by atoms with E-state index in [0.717, 1.165) is 37.0 Å². The number of anilines is 3. The van der Waals surface area contributed by atoms with E-state index < -0.39 is 21.6 Å². The van der Waals surface area contributed by atoms with Gasteiger partial charge in [-0.2, -0.15) is 5.10 Å². The lowest BCUT2D eigenvalue weighted by Gasteiger charge is -2.23. The van der Waals surface area contributed by atoms with Gasteiger partial charge in [0.2, 0.25) is 9.84 Å². The fourth-order valence-electron chi connectivity index (χ4n) is 4.66. The molecule has 2 heterocycles. The molecular weight excluding hydrogens is 571 g/mol. The summed E-state index contributed by atoms with van der Waals surface area (Å²) >= 11 is 0. The van der Waals surface area contributed by atoms with E-state index in [-0.39, 0.29) is 15.6 Å². The summed E-state index contributed by atoms with van der Waals surface area (Å²) < 4.78 is 45.4. The number of fused-ring (bicyclic) bond motifs is 1. The van der Waals surface area contributed by atoms with Gasteiger partial charge in [0.1, 0.15) is 12.4 Å². The van der Waals surface area contributed by atoms with Gasteiger partial charge in [-0.3, -0.25) is 9.89 Å². The third kappa shape index (κ3) is 6.87. The number of amides is 1. The maximum atomic E-state index is 13.8. The van der Waals surface area contributed by atoms with Crippen LogP contribution in [0, 0.1) is 5.82 Å². The Hall–Kier alpha value is -4.68. The number of carbonyl (C=O) groups is 1. The van der Waals surface area contributed by atoms with Crippen molar-refractivity contribution >= 4 is 43.8 Å². The second-order valence-corrected chi connectivity index (χ2v) is 12.4. The first-order chi connectivity index (χ1) is 20.6. The Kier molecular flexibility index (Phi) is 8.78. The van der Waals surface area contributed by atoms with Crippen molar-refractivity contribution in [3.05, 3.63) is 96.2 Å². The molecule has 1 aliphatic heterocycles. The number of hydrogen-bond acceptors (Lipinski definition) is 8. The highest BCUT2D eigenvalue weighted by molar-refractivity contribution is 7.91. The number of nitrogens with one attached hydrogen (secondary N) is 3. The van der Waals surface area contributed by atoms with Crippen molar-refractivity contribution in [2.45, 2.75) is 16.2 Å². The summed E-state index contributed by atoms with van der Waals surface area (Å²) in [4.78, 5) is 17.7. The molecule has 0 saturated carbocycles. The number of aromatic nitrogens is 2. The van der Waals surface area contributed by atoms with E-state index in [4.69, 9.17) is 4.74 Å². The zero-order valence-electron chi connectivity index (χ0n) is 24.1. The van der Waals surface area contributed by atoms with E-state index in [1.54, 1.807) is 24.5 Å². The molecular formula is C31H33FN6O4S. The van der Waals surface area contributed by atoms with Crippen LogP contribution in [-0.4, -0.2) is 70.3 Å². The Morgan fingerprint density at radius 2 is 1.86 bits per heavy atom. The molecule has 0 atom stereocenters. The number of aromatic amines is 1. The fraction of sp³-hybridized carbons (Fsp3) is 0.226. The van der Waals surface area contributed by atoms with Crippen LogP contribution in [0.25, 0.3) is 10.9 Å². The van der Waals surface area contributed by atoms with Crippen LogP contribution in [0.2, 0.25) is 0 Å². The number of H-pyrrole nitrogens is 1. The van der Waals surface area contributed by atoms with Gasteiger partial charge in [-0.15, -0.1) is 0 Å². The van der Waals surface area contributed by atoms with Crippen LogP contribution in [0.3, 0.4) is 0 Å². The van der Waals surface area contributed by atoms with Crippen molar-refractivity contribution in [1.82, 2.24) is 15.1 Å². The van der Waals surface area contributed by atoms with Gasteiger partial charge < -0.3 is 25.2 Å². The van der Waals surface area contributed by atoms with Crippen LogP contribution >= 0.6 is 0 Å². The molecule has 0 unspecified atom stereocenters. The van der Waals surface area contributed by atoms with Crippen molar-refractivity contribution < 1.29 is 22.3 Å². The SMILES string of the molecule is CN(C)CCCN(C)c1ccc(C(=O)Nc2n[nH]c3ccc(S(=O)(=O)c4cccc(F)c4)cc23)c(NC2=CCOC=C2)c1. The molecule has 0 bridgehead atoms. The van der Waals surface area contributed by atoms with Crippen LogP contribution in [-0.2, 0) is 14.6 Å². The van der Waals surface area contributed by atoms with E-state index in [1.165, 1.54) is 30.3 Å². The van der Waals surface area contributed by atoms with E-state index >= 15 is 0 Å². The molecule has 3 aromatic carbocycles. The van der Waals surface area contributed by atoms with Gasteiger partial charge in [-0.05, 0) is 93.8 Å². The largest absolute Gasteiger partial charge is 0.497 e. The number of hydrogen-bond donors (Lipinski definition) is 3. The number of nitrogens with zero attached hydrogens (tertiary/aromatic N) is 3. The van der Waals surface area contributed by atoms with E-state index in [0.29, 0.717) is 28.8 Å². The minimum atomic E-state index is -4.01. The third-order valence-electron chi connectivity index (χ3n) is 6.99.